The third-order valence-corrected chi connectivity index (χ3v) is 5.75. The molecule has 1 fully saturated rings. The van der Waals surface area contributed by atoms with Gasteiger partial charge in [0.2, 0.25) is 11.7 Å². The molecule has 1 saturated heterocycles. The molecular formula is C22H24ClN5O2. The number of nitrogens with zero attached hydrogens (tertiary/aromatic N) is 4. The second kappa shape index (κ2) is 8.75. The molecule has 1 N–H and O–H groups in total. The van der Waals surface area contributed by atoms with Crippen LogP contribution in [0.5, 0.6) is 0 Å². The van der Waals surface area contributed by atoms with Crippen LogP contribution in [0.1, 0.15) is 18.4 Å². The predicted octanol–water partition coefficient (Wildman–Crippen LogP) is 4.61. The van der Waals surface area contributed by atoms with Gasteiger partial charge in [0, 0.05) is 54.6 Å². The topological polar surface area (TPSA) is 74.5 Å². The normalized spacial score (nSPS) is 14.1. The highest BCUT2D eigenvalue weighted by Crippen LogP contribution is 2.25. The first kappa shape index (κ1) is 20.2. The minimum absolute atomic E-state index is 0.0980. The van der Waals surface area contributed by atoms with Crippen LogP contribution in [-0.2, 0) is 6.42 Å². The maximum Gasteiger partial charge on any atom is 0.321 e. The number of carbonyl (C=O) groups excluding carboxylic acids is 1. The molecule has 1 aliphatic rings. The Kier molecular flexibility index (Phi) is 5.90. The summed E-state index contributed by atoms with van der Waals surface area (Å²) in [5, 5.41) is 7.63. The zero-order valence-corrected chi connectivity index (χ0v) is 17.8. The first-order valence-electron chi connectivity index (χ1n) is 10.0. The van der Waals surface area contributed by atoms with Crippen molar-refractivity contribution >= 4 is 29.0 Å². The smallest absolute Gasteiger partial charge is 0.321 e. The lowest BCUT2D eigenvalue weighted by molar-refractivity contribution is 0.208. The molecule has 0 radical (unpaired) electrons. The number of carbonyl (C=O) groups is 1. The van der Waals surface area contributed by atoms with Crippen LogP contribution in [0.4, 0.5) is 16.2 Å². The Balaban J connectivity index is 1.35. The zero-order valence-electron chi connectivity index (χ0n) is 17.1. The van der Waals surface area contributed by atoms with Crippen molar-refractivity contribution in [2.45, 2.75) is 20.3 Å². The SMILES string of the molecule is CCc1nc(-c2ccc(N3CCN(C(=O)Nc4cccc(Cl)c4C)CC3)cc2)no1. The van der Waals surface area contributed by atoms with Gasteiger partial charge in [0.05, 0.1) is 0 Å². The van der Waals surface area contributed by atoms with E-state index >= 15 is 0 Å². The number of hydrogen-bond donors (Lipinski definition) is 1. The van der Waals surface area contributed by atoms with Gasteiger partial charge >= 0.3 is 6.03 Å². The second-order valence-corrected chi connectivity index (χ2v) is 7.64. The largest absolute Gasteiger partial charge is 0.368 e. The highest BCUT2D eigenvalue weighted by molar-refractivity contribution is 6.31. The van der Waals surface area contributed by atoms with E-state index in [1.807, 2.05) is 49.1 Å². The van der Waals surface area contributed by atoms with Gasteiger partial charge in [-0.05, 0) is 48.9 Å². The number of aryl methyl sites for hydroxylation is 1. The number of urea groups is 1. The molecule has 2 heterocycles. The molecule has 8 heteroatoms. The van der Waals surface area contributed by atoms with E-state index in [1.54, 1.807) is 0 Å². The monoisotopic (exact) mass is 425 g/mol. The van der Waals surface area contributed by atoms with Crippen LogP contribution in [-0.4, -0.2) is 47.3 Å². The Morgan fingerprint density at radius 2 is 1.87 bits per heavy atom. The average molecular weight is 426 g/mol. The van der Waals surface area contributed by atoms with Crippen molar-refractivity contribution in [1.82, 2.24) is 15.0 Å². The van der Waals surface area contributed by atoms with E-state index in [0.717, 1.165) is 42.0 Å². The lowest BCUT2D eigenvalue weighted by atomic mass is 10.1. The van der Waals surface area contributed by atoms with Gasteiger partial charge in [-0.1, -0.05) is 29.7 Å². The number of nitrogens with one attached hydrogen (secondary N) is 1. The Hall–Kier alpha value is -3.06. The molecule has 2 amide bonds. The molecule has 0 aliphatic carbocycles. The molecule has 30 heavy (non-hydrogen) atoms. The van der Waals surface area contributed by atoms with Gasteiger partial charge in [0.1, 0.15) is 0 Å². The van der Waals surface area contributed by atoms with Crippen molar-refractivity contribution in [1.29, 1.82) is 0 Å². The van der Waals surface area contributed by atoms with Crippen molar-refractivity contribution in [3.63, 3.8) is 0 Å². The van der Waals surface area contributed by atoms with E-state index in [9.17, 15) is 4.79 Å². The number of piperazine rings is 1. The Morgan fingerprint density at radius 3 is 2.53 bits per heavy atom. The summed E-state index contributed by atoms with van der Waals surface area (Å²) in [5.74, 6) is 1.24. The Morgan fingerprint density at radius 1 is 1.13 bits per heavy atom. The van der Waals surface area contributed by atoms with Crippen molar-refractivity contribution in [2.24, 2.45) is 0 Å². The minimum Gasteiger partial charge on any atom is -0.368 e. The molecule has 1 aromatic heterocycles. The molecule has 7 nitrogen and oxygen atoms in total. The highest BCUT2D eigenvalue weighted by Gasteiger charge is 2.22. The summed E-state index contributed by atoms with van der Waals surface area (Å²) < 4.78 is 5.18. The first-order chi connectivity index (χ1) is 14.5. The number of anilines is 2. The van der Waals surface area contributed by atoms with Gasteiger partial charge in [0.25, 0.3) is 0 Å². The minimum atomic E-state index is -0.0980. The van der Waals surface area contributed by atoms with Crippen LogP contribution >= 0.6 is 11.6 Å². The molecule has 0 saturated carbocycles. The molecule has 0 atom stereocenters. The van der Waals surface area contributed by atoms with E-state index in [1.165, 1.54) is 0 Å². The van der Waals surface area contributed by atoms with Crippen LogP contribution < -0.4 is 10.2 Å². The predicted molar refractivity (Wildman–Crippen MR) is 118 cm³/mol. The molecular weight excluding hydrogens is 402 g/mol. The number of hydrogen-bond acceptors (Lipinski definition) is 5. The van der Waals surface area contributed by atoms with Crippen LogP contribution in [0.15, 0.2) is 47.0 Å². The first-order valence-corrected chi connectivity index (χ1v) is 10.4. The molecule has 3 aromatic rings. The molecule has 1 aliphatic heterocycles. The molecule has 0 bridgehead atoms. The number of aromatic nitrogens is 2. The third-order valence-electron chi connectivity index (χ3n) is 5.34. The standard InChI is InChI=1S/C22H24ClN5O2/c1-3-20-25-21(26-30-20)16-7-9-17(10-8-16)27-11-13-28(14-12-27)22(29)24-19-6-4-5-18(23)15(19)2/h4-10H,3,11-14H2,1-2H3,(H,24,29). The summed E-state index contributed by atoms with van der Waals surface area (Å²) in [4.78, 5) is 21.1. The van der Waals surface area contributed by atoms with E-state index in [2.05, 4.69) is 32.5 Å². The van der Waals surface area contributed by atoms with Gasteiger partial charge in [-0.2, -0.15) is 4.98 Å². The lowest BCUT2D eigenvalue weighted by Gasteiger charge is -2.36. The van der Waals surface area contributed by atoms with Gasteiger partial charge in [-0.25, -0.2) is 4.79 Å². The fraction of sp³-hybridized carbons (Fsp3) is 0.318. The van der Waals surface area contributed by atoms with E-state index in [0.29, 0.717) is 29.8 Å². The third kappa shape index (κ3) is 4.26. The maximum atomic E-state index is 12.6. The van der Waals surface area contributed by atoms with Crippen molar-refractivity contribution in [2.75, 3.05) is 36.4 Å². The van der Waals surface area contributed by atoms with E-state index in [-0.39, 0.29) is 6.03 Å². The van der Waals surface area contributed by atoms with Gasteiger partial charge in [-0.15, -0.1) is 0 Å². The van der Waals surface area contributed by atoms with Gasteiger partial charge in [-0.3, -0.25) is 0 Å². The summed E-state index contributed by atoms with van der Waals surface area (Å²) in [7, 11) is 0. The molecule has 156 valence electrons. The fourth-order valence-electron chi connectivity index (χ4n) is 3.44. The highest BCUT2D eigenvalue weighted by atomic mass is 35.5. The fourth-order valence-corrected chi connectivity index (χ4v) is 3.62. The van der Waals surface area contributed by atoms with Crippen molar-refractivity contribution in [3.05, 3.63) is 58.9 Å². The van der Waals surface area contributed by atoms with Crippen molar-refractivity contribution < 1.29 is 9.32 Å². The van der Waals surface area contributed by atoms with E-state index < -0.39 is 0 Å². The number of amides is 2. The molecule has 4 rings (SSSR count). The summed E-state index contributed by atoms with van der Waals surface area (Å²) >= 11 is 6.14. The van der Waals surface area contributed by atoms with Gasteiger partial charge < -0.3 is 19.6 Å². The summed E-state index contributed by atoms with van der Waals surface area (Å²) in [5.41, 5.74) is 3.66. The van der Waals surface area contributed by atoms with Crippen LogP contribution in [0.25, 0.3) is 11.4 Å². The summed E-state index contributed by atoms with van der Waals surface area (Å²) in [6.45, 7) is 6.72. The van der Waals surface area contributed by atoms with Crippen LogP contribution in [0.3, 0.4) is 0 Å². The maximum absolute atomic E-state index is 12.6. The molecule has 2 aromatic carbocycles. The molecule has 0 unspecified atom stereocenters. The molecule has 0 spiro atoms. The summed E-state index contributed by atoms with van der Waals surface area (Å²) in [6.07, 6.45) is 0.722. The second-order valence-electron chi connectivity index (χ2n) is 7.23. The number of benzene rings is 2. The lowest BCUT2D eigenvalue weighted by Crippen LogP contribution is -2.50. The van der Waals surface area contributed by atoms with Crippen LogP contribution in [0, 0.1) is 6.92 Å². The quantitative estimate of drug-likeness (QED) is 0.660. The average Bonchev–Trinajstić information content (AvgIpc) is 3.26. The Labute approximate surface area is 180 Å². The van der Waals surface area contributed by atoms with Crippen molar-refractivity contribution in [3.8, 4) is 11.4 Å². The number of halogens is 1. The van der Waals surface area contributed by atoms with Crippen LogP contribution in [0.2, 0.25) is 5.02 Å². The Bertz CT molecular complexity index is 1030. The summed E-state index contributed by atoms with van der Waals surface area (Å²) in [6, 6.07) is 13.5. The van der Waals surface area contributed by atoms with Gasteiger partial charge in [0.15, 0.2) is 0 Å². The zero-order chi connectivity index (χ0) is 21.1. The number of rotatable bonds is 4. The van der Waals surface area contributed by atoms with E-state index in [4.69, 9.17) is 16.1 Å².